The number of carbonyl (C=O) groups excluding carboxylic acids is 3. The molecule has 0 aromatic heterocycles. The Hall–Kier alpha value is -2.36. The van der Waals surface area contributed by atoms with E-state index in [1.54, 1.807) is 23.8 Å². The average Bonchev–Trinajstić information content (AvgIpc) is 3.52. The van der Waals surface area contributed by atoms with Crippen molar-refractivity contribution in [2.24, 2.45) is 11.8 Å². The summed E-state index contributed by atoms with van der Waals surface area (Å²) in [6.07, 6.45) is 11.0. The molecule has 36 heavy (non-hydrogen) atoms. The number of fused-ring (bicyclic) bond motifs is 1. The lowest BCUT2D eigenvalue weighted by Crippen LogP contribution is -2.56. The normalized spacial score (nSPS) is 31.1. The van der Waals surface area contributed by atoms with Crippen LogP contribution in [0.15, 0.2) is 41.3 Å². The highest BCUT2D eigenvalue weighted by molar-refractivity contribution is 7.98. The molecule has 1 aromatic rings. The number of ether oxygens (including phenoxy) is 2. The molecule has 3 amide bonds. The van der Waals surface area contributed by atoms with Gasteiger partial charge in [0.15, 0.2) is 0 Å². The number of methoxy groups -OCH3 is 1. The molecule has 0 radical (unpaired) electrons. The van der Waals surface area contributed by atoms with Crippen molar-refractivity contribution in [3.8, 4) is 0 Å². The molecule has 8 nitrogen and oxygen atoms in total. The van der Waals surface area contributed by atoms with Crippen molar-refractivity contribution in [1.82, 2.24) is 10.2 Å². The van der Waals surface area contributed by atoms with Crippen LogP contribution in [0.3, 0.4) is 0 Å². The Balaban J connectivity index is 1.41. The van der Waals surface area contributed by atoms with Crippen LogP contribution in [0.1, 0.15) is 38.5 Å². The smallest absolute Gasteiger partial charge is 0.246 e. The molecule has 5 atom stereocenters. The monoisotopic (exact) mass is 513 g/mol. The Morgan fingerprint density at radius 3 is 2.78 bits per heavy atom. The van der Waals surface area contributed by atoms with Crippen LogP contribution in [-0.4, -0.2) is 72.9 Å². The van der Waals surface area contributed by atoms with Crippen molar-refractivity contribution in [2.45, 2.75) is 67.2 Å². The fourth-order valence-electron chi connectivity index (χ4n) is 6.34. The van der Waals surface area contributed by atoms with E-state index in [0.29, 0.717) is 25.3 Å². The average molecular weight is 514 g/mol. The maximum Gasteiger partial charge on any atom is 0.246 e. The Morgan fingerprint density at radius 2 is 2.03 bits per heavy atom. The van der Waals surface area contributed by atoms with E-state index >= 15 is 0 Å². The standard InChI is InChI=1S/C27H35N3O5S/c1-34-15-7-14-30-23(25(32)28-17-8-4-3-5-9-17)27-13-12-20(35-27)21(22(27)26(30)33)24(31)29-18-10-6-11-19(16-18)36-2/h6,10-13,16-17,20-23H,3-5,7-9,14-15H2,1-2H3,(H,28,32)(H,29,31)/t20-,21+,22-,23+,27+/m1/s1. The number of carbonyl (C=O) groups is 3. The molecule has 9 heteroatoms. The maximum atomic E-state index is 13.8. The first kappa shape index (κ1) is 25.3. The fourth-order valence-corrected chi connectivity index (χ4v) is 6.80. The van der Waals surface area contributed by atoms with Crippen LogP contribution in [0.2, 0.25) is 0 Å². The molecule has 3 heterocycles. The number of hydrogen-bond donors (Lipinski definition) is 2. The summed E-state index contributed by atoms with van der Waals surface area (Å²) in [7, 11) is 1.62. The lowest BCUT2D eigenvalue weighted by atomic mass is 9.74. The molecule has 5 rings (SSSR count). The maximum absolute atomic E-state index is 13.8. The Morgan fingerprint density at radius 1 is 1.22 bits per heavy atom. The predicted molar refractivity (Wildman–Crippen MR) is 138 cm³/mol. The van der Waals surface area contributed by atoms with Crippen LogP contribution in [-0.2, 0) is 23.9 Å². The largest absolute Gasteiger partial charge is 0.385 e. The quantitative estimate of drug-likeness (QED) is 0.299. The molecule has 3 fully saturated rings. The van der Waals surface area contributed by atoms with Gasteiger partial charge in [0.25, 0.3) is 0 Å². The highest BCUT2D eigenvalue weighted by atomic mass is 32.2. The van der Waals surface area contributed by atoms with E-state index in [0.717, 1.165) is 30.6 Å². The molecule has 0 unspecified atom stereocenters. The van der Waals surface area contributed by atoms with Crippen molar-refractivity contribution in [2.75, 3.05) is 31.8 Å². The van der Waals surface area contributed by atoms with E-state index in [1.165, 1.54) is 6.42 Å². The van der Waals surface area contributed by atoms with E-state index in [9.17, 15) is 14.4 Å². The van der Waals surface area contributed by atoms with Crippen molar-refractivity contribution in [3.05, 3.63) is 36.4 Å². The van der Waals surface area contributed by atoms with E-state index in [1.807, 2.05) is 42.7 Å². The van der Waals surface area contributed by atoms with Gasteiger partial charge in [0.05, 0.1) is 17.9 Å². The highest BCUT2D eigenvalue weighted by Crippen LogP contribution is 2.55. The lowest BCUT2D eigenvalue weighted by molar-refractivity contribution is -0.141. The third-order valence-corrected chi connectivity index (χ3v) is 8.69. The second kappa shape index (κ2) is 10.6. The van der Waals surface area contributed by atoms with Gasteiger partial charge in [0.2, 0.25) is 17.7 Å². The molecule has 2 bridgehead atoms. The van der Waals surface area contributed by atoms with Crippen LogP contribution >= 0.6 is 11.8 Å². The van der Waals surface area contributed by atoms with E-state index < -0.39 is 29.6 Å². The molecular weight excluding hydrogens is 478 g/mol. The van der Waals surface area contributed by atoms with Gasteiger partial charge in [-0.05, 0) is 43.7 Å². The molecule has 1 saturated carbocycles. The van der Waals surface area contributed by atoms with Crippen molar-refractivity contribution >= 4 is 35.2 Å². The predicted octanol–water partition coefficient (Wildman–Crippen LogP) is 2.98. The van der Waals surface area contributed by atoms with E-state index in [2.05, 4.69) is 10.6 Å². The number of rotatable bonds is 9. The summed E-state index contributed by atoms with van der Waals surface area (Å²) < 4.78 is 11.6. The van der Waals surface area contributed by atoms with Crippen molar-refractivity contribution < 1.29 is 23.9 Å². The molecule has 1 spiro atoms. The van der Waals surface area contributed by atoms with Crippen LogP contribution in [0.4, 0.5) is 5.69 Å². The molecule has 194 valence electrons. The van der Waals surface area contributed by atoms with Crippen LogP contribution in [0, 0.1) is 11.8 Å². The van der Waals surface area contributed by atoms with Gasteiger partial charge in [0.1, 0.15) is 11.6 Å². The number of nitrogens with zero attached hydrogens (tertiary/aromatic N) is 1. The van der Waals surface area contributed by atoms with Crippen LogP contribution in [0.5, 0.6) is 0 Å². The molecule has 2 N–H and O–H groups in total. The van der Waals surface area contributed by atoms with Gasteiger partial charge in [-0.2, -0.15) is 0 Å². The summed E-state index contributed by atoms with van der Waals surface area (Å²) in [5.41, 5.74) is -0.446. The second-order valence-corrected chi connectivity index (χ2v) is 11.0. The summed E-state index contributed by atoms with van der Waals surface area (Å²) in [4.78, 5) is 43.8. The number of benzene rings is 1. The van der Waals surface area contributed by atoms with E-state index in [4.69, 9.17) is 9.47 Å². The highest BCUT2D eigenvalue weighted by Gasteiger charge is 2.72. The first-order valence-corrected chi connectivity index (χ1v) is 14.1. The molecular formula is C27H35N3O5S. The Kier molecular flexibility index (Phi) is 7.42. The number of nitrogens with one attached hydrogen (secondary N) is 2. The lowest BCUT2D eigenvalue weighted by Gasteiger charge is -2.34. The van der Waals surface area contributed by atoms with Crippen molar-refractivity contribution in [1.29, 1.82) is 0 Å². The third kappa shape index (κ3) is 4.46. The summed E-state index contributed by atoms with van der Waals surface area (Å²) >= 11 is 1.59. The second-order valence-electron chi connectivity index (χ2n) is 10.1. The van der Waals surface area contributed by atoms with Crippen LogP contribution < -0.4 is 10.6 Å². The van der Waals surface area contributed by atoms with Crippen molar-refractivity contribution in [3.63, 3.8) is 0 Å². The number of thioether (sulfide) groups is 1. The molecule has 4 aliphatic rings. The van der Waals surface area contributed by atoms with Crippen LogP contribution in [0.25, 0.3) is 0 Å². The number of hydrogen-bond acceptors (Lipinski definition) is 6. The molecule has 1 aromatic carbocycles. The van der Waals surface area contributed by atoms with Gasteiger partial charge in [-0.25, -0.2) is 0 Å². The minimum atomic E-state index is -1.13. The topological polar surface area (TPSA) is 97.0 Å². The van der Waals surface area contributed by atoms with Gasteiger partial charge >= 0.3 is 0 Å². The zero-order valence-electron chi connectivity index (χ0n) is 20.9. The Bertz CT molecular complexity index is 1040. The first-order valence-electron chi connectivity index (χ1n) is 12.9. The summed E-state index contributed by atoms with van der Waals surface area (Å²) in [5, 5.41) is 6.20. The van der Waals surface area contributed by atoms with Gasteiger partial charge in [-0.1, -0.05) is 37.5 Å². The Labute approximate surface area is 216 Å². The third-order valence-electron chi connectivity index (χ3n) is 7.96. The fraction of sp³-hybridized carbons (Fsp3) is 0.593. The zero-order chi connectivity index (χ0) is 25.3. The summed E-state index contributed by atoms with van der Waals surface area (Å²) in [6.45, 7) is 0.854. The van der Waals surface area contributed by atoms with Gasteiger partial charge in [-0.15, -0.1) is 11.8 Å². The summed E-state index contributed by atoms with van der Waals surface area (Å²) in [5.74, 6) is -2.07. The van der Waals surface area contributed by atoms with Gasteiger partial charge in [0, 0.05) is 36.9 Å². The number of anilines is 1. The number of amides is 3. The zero-order valence-corrected chi connectivity index (χ0v) is 21.7. The van der Waals surface area contributed by atoms with Gasteiger partial charge < -0.3 is 25.0 Å². The minimum absolute atomic E-state index is 0.114. The molecule has 1 aliphatic carbocycles. The summed E-state index contributed by atoms with van der Waals surface area (Å²) in [6, 6.07) is 6.94. The molecule has 3 aliphatic heterocycles. The number of likely N-dealkylation sites (tertiary alicyclic amines) is 1. The molecule has 2 saturated heterocycles. The van der Waals surface area contributed by atoms with Gasteiger partial charge in [-0.3, -0.25) is 14.4 Å². The minimum Gasteiger partial charge on any atom is -0.385 e. The SMILES string of the molecule is COCCCN1C(=O)[C@H]2[C@@H](C(=O)Nc3cccc(SC)c3)[C@H]3C=C[C@@]2(O3)[C@@H]1C(=O)NC1CCCCC1. The van der Waals surface area contributed by atoms with E-state index in [-0.39, 0.29) is 23.8 Å². The first-order chi connectivity index (χ1) is 17.5.